The Kier molecular flexibility index (Phi) is 4.28. The maximum absolute atomic E-state index is 11.0. The van der Waals surface area contributed by atoms with E-state index in [2.05, 4.69) is 46.3 Å². The van der Waals surface area contributed by atoms with Crippen LogP contribution in [0.1, 0.15) is 30.4 Å². The van der Waals surface area contributed by atoms with Gasteiger partial charge in [0.05, 0.1) is 6.54 Å². The zero-order valence-corrected chi connectivity index (χ0v) is 16.4. The van der Waals surface area contributed by atoms with Crippen molar-refractivity contribution < 1.29 is 9.90 Å². The number of anilines is 1. The molecule has 29 heavy (non-hydrogen) atoms. The van der Waals surface area contributed by atoms with E-state index in [0.717, 1.165) is 48.7 Å². The highest BCUT2D eigenvalue weighted by Crippen LogP contribution is 2.47. The van der Waals surface area contributed by atoms with Crippen molar-refractivity contribution in [1.82, 2.24) is 9.88 Å². The summed E-state index contributed by atoms with van der Waals surface area (Å²) in [5.41, 5.74) is 11.6. The fourth-order valence-corrected chi connectivity index (χ4v) is 5.23. The number of aliphatic carboxylic acids is 1. The van der Waals surface area contributed by atoms with Crippen LogP contribution in [0.15, 0.2) is 48.7 Å². The molecule has 2 aliphatic rings. The van der Waals surface area contributed by atoms with Crippen molar-refractivity contribution in [3.05, 3.63) is 59.8 Å². The Morgan fingerprint density at radius 2 is 1.83 bits per heavy atom. The predicted molar refractivity (Wildman–Crippen MR) is 115 cm³/mol. The molecule has 0 unspecified atom stereocenters. The highest BCUT2D eigenvalue weighted by atomic mass is 16.4. The molecule has 0 bridgehead atoms. The fourth-order valence-electron chi connectivity index (χ4n) is 5.23. The van der Waals surface area contributed by atoms with E-state index >= 15 is 0 Å². The number of piperidine rings is 1. The van der Waals surface area contributed by atoms with Gasteiger partial charge >= 0.3 is 5.97 Å². The van der Waals surface area contributed by atoms with Crippen LogP contribution >= 0.6 is 0 Å². The lowest BCUT2D eigenvalue weighted by atomic mass is 9.73. The van der Waals surface area contributed by atoms with Gasteiger partial charge in [-0.1, -0.05) is 30.3 Å². The topological polar surface area (TPSA) is 79.5 Å². The van der Waals surface area contributed by atoms with Crippen LogP contribution in [0.4, 0.5) is 5.82 Å². The minimum atomic E-state index is -0.733. The molecule has 3 N–H and O–H groups in total. The molecule has 3 aromatic rings. The summed E-state index contributed by atoms with van der Waals surface area (Å²) < 4.78 is 0. The molecule has 0 radical (unpaired) electrons. The number of benzene rings is 2. The first-order chi connectivity index (χ1) is 14.0. The van der Waals surface area contributed by atoms with Gasteiger partial charge in [-0.2, -0.15) is 0 Å². The Morgan fingerprint density at radius 3 is 2.62 bits per heavy atom. The second kappa shape index (κ2) is 6.85. The molecular weight excluding hydrogens is 362 g/mol. The van der Waals surface area contributed by atoms with Gasteiger partial charge < -0.3 is 10.8 Å². The van der Waals surface area contributed by atoms with Crippen LogP contribution in [0.2, 0.25) is 0 Å². The van der Waals surface area contributed by atoms with Crippen molar-refractivity contribution in [1.29, 1.82) is 0 Å². The quantitative estimate of drug-likeness (QED) is 0.714. The molecule has 5 heteroatoms. The SMILES string of the molecule is Nc1nccc2ccc(-c3ccc4c(c3)CCC43CCN(CC(=O)O)CC3)cc12. The minimum Gasteiger partial charge on any atom is -0.480 e. The number of fused-ring (bicyclic) bond motifs is 3. The average Bonchev–Trinajstić information content (AvgIpc) is 3.07. The number of aryl methyl sites for hydroxylation is 1. The van der Waals surface area contributed by atoms with Gasteiger partial charge in [0.2, 0.25) is 0 Å². The molecule has 1 aliphatic heterocycles. The number of carboxylic acids is 1. The summed E-state index contributed by atoms with van der Waals surface area (Å²) in [5, 5.41) is 11.1. The van der Waals surface area contributed by atoms with Gasteiger partial charge in [-0.05, 0) is 84.0 Å². The highest BCUT2D eigenvalue weighted by Gasteiger charge is 2.41. The van der Waals surface area contributed by atoms with Crippen LogP contribution in [0.5, 0.6) is 0 Å². The number of carboxylic acid groups (broad SMARTS) is 1. The van der Waals surface area contributed by atoms with Crippen molar-refractivity contribution in [2.24, 2.45) is 0 Å². The lowest BCUT2D eigenvalue weighted by Crippen LogP contribution is -2.43. The van der Waals surface area contributed by atoms with E-state index in [4.69, 9.17) is 10.8 Å². The number of likely N-dealkylation sites (tertiary alicyclic amines) is 1. The average molecular weight is 387 g/mol. The predicted octanol–water partition coefficient (Wildman–Crippen LogP) is 3.85. The largest absolute Gasteiger partial charge is 0.480 e. The number of pyridine rings is 1. The van der Waals surface area contributed by atoms with E-state index in [-0.39, 0.29) is 12.0 Å². The van der Waals surface area contributed by atoms with Crippen LogP contribution in [0.3, 0.4) is 0 Å². The van der Waals surface area contributed by atoms with Gasteiger partial charge in [-0.25, -0.2) is 4.98 Å². The molecule has 2 heterocycles. The zero-order chi connectivity index (χ0) is 20.0. The molecule has 1 spiro atoms. The summed E-state index contributed by atoms with van der Waals surface area (Å²) in [6.07, 6.45) is 6.10. The van der Waals surface area contributed by atoms with Gasteiger partial charge in [0.15, 0.2) is 0 Å². The Hall–Kier alpha value is -2.92. The van der Waals surface area contributed by atoms with Crippen LogP contribution in [-0.2, 0) is 16.6 Å². The molecule has 2 aromatic carbocycles. The normalized spacial score (nSPS) is 18.2. The lowest BCUT2D eigenvalue weighted by Gasteiger charge is -2.39. The number of carbonyl (C=O) groups is 1. The van der Waals surface area contributed by atoms with Gasteiger partial charge in [0.25, 0.3) is 0 Å². The number of hydrogen-bond donors (Lipinski definition) is 2. The van der Waals surface area contributed by atoms with E-state index in [1.807, 2.05) is 6.07 Å². The van der Waals surface area contributed by atoms with Crippen molar-refractivity contribution in [2.75, 3.05) is 25.4 Å². The molecule has 0 saturated carbocycles. The van der Waals surface area contributed by atoms with E-state index < -0.39 is 5.97 Å². The van der Waals surface area contributed by atoms with Crippen molar-refractivity contribution in [3.63, 3.8) is 0 Å². The van der Waals surface area contributed by atoms with E-state index in [1.165, 1.54) is 23.1 Å². The lowest BCUT2D eigenvalue weighted by molar-refractivity contribution is -0.138. The van der Waals surface area contributed by atoms with Crippen LogP contribution < -0.4 is 5.73 Å². The molecule has 5 nitrogen and oxygen atoms in total. The molecule has 1 aromatic heterocycles. The first kappa shape index (κ1) is 18.1. The second-order valence-corrected chi connectivity index (χ2v) is 8.45. The highest BCUT2D eigenvalue weighted by molar-refractivity contribution is 5.94. The number of nitrogens with two attached hydrogens (primary N) is 1. The molecule has 5 rings (SSSR count). The minimum absolute atomic E-state index is 0.155. The Labute approximate surface area is 170 Å². The van der Waals surface area contributed by atoms with Gasteiger partial charge in [-0.15, -0.1) is 0 Å². The molecule has 1 aliphatic carbocycles. The Morgan fingerprint density at radius 1 is 1.07 bits per heavy atom. The van der Waals surface area contributed by atoms with Gasteiger partial charge in [0.1, 0.15) is 5.82 Å². The molecule has 1 saturated heterocycles. The third kappa shape index (κ3) is 3.15. The number of nitrogens with zero attached hydrogens (tertiary/aromatic N) is 2. The molecular formula is C24H25N3O2. The van der Waals surface area contributed by atoms with Crippen molar-refractivity contribution in [2.45, 2.75) is 31.1 Å². The summed E-state index contributed by atoms with van der Waals surface area (Å²) in [7, 11) is 0. The maximum atomic E-state index is 11.0. The summed E-state index contributed by atoms with van der Waals surface area (Å²) >= 11 is 0. The van der Waals surface area contributed by atoms with Crippen molar-refractivity contribution >= 4 is 22.6 Å². The zero-order valence-electron chi connectivity index (χ0n) is 16.4. The van der Waals surface area contributed by atoms with E-state index in [1.54, 1.807) is 6.20 Å². The molecule has 0 atom stereocenters. The first-order valence-corrected chi connectivity index (χ1v) is 10.3. The third-order valence-electron chi connectivity index (χ3n) is 6.85. The summed E-state index contributed by atoms with van der Waals surface area (Å²) in [6, 6.07) is 15.2. The monoisotopic (exact) mass is 387 g/mol. The summed E-state index contributed by atoms with van der Waals surface area (Å²) in [4.78, 5) is 17.3. The van der Waals surface area contributed by atoms with Crippen molar-refractivity contribution in [3.8, 4) is 11.1 Å². The van der Waals surface area contributed by atoms with Crippen LogP contribution in [0, 0.1) is 0 Å². The fraction of sp³-hybridized carbons (Fsp3) is 0.333. The summed E-state index contributed by atoms with van der Waals surface area (Å²) in [5.74, 6) is -0.166. The second-order valence-electron chi connectivity index (χ2n) is 8.45. The number of aromatic nitrogens is 1. The Bertz CT molecular complexity index is 1100. The summed E-state index contributed by atoms with van der Waals surface area (Å²) in [6.45, 7) is 1.89. The molecule has 148 valence electrons. The van der Waals surface area contributed by atoms with E-state index in [0.29, 0.717) is 5.82 Å². The van der Waals surface area contributed by atoms with Crippen LogP contribution in [0.25, 0.3) is 21.9 Å². The third-order valence-corrected chi connectivity index (χ3v) is 6.85. The van der Waals surface area contributed by atoms with Crippen LogP contribution in [-0.4, -0.2) is 40.6 Å². The Balaban J connectivity index is 1.43. The van der Waals surface area contributed by atoms with Gasteiger partial charge in [0, 0.05) is 11.6 Å². The number of hydrogen-bond acceptors (Lipinski definition) is 4. The van der Waals surface area contributed by atoms with Gasteiger partial charge in [-0.3, -0.25) is 9.69 Å². The molecule has 0 amide bonds. The maximum Gasteiger partial charge on any atom is 0.317 e. The smallest absolute Gasteiger partial charge is 0.317 e. The number of rotatable bonds is 3. The molecule has 1 fully saturated rings. The number of nitrogen functional groups attached to an aromatic ring is 1. The standard InChI is InChI=1S/C24H25N3O2/c25-23-20-14-18(2-1-16(20)6-10-26-23)17-3-4-21-19(13-17)5-7-24(21)8-11-27(12-9-24)15-22(28)29/h1-4,6,10,13-14H,5,7-9,11-12,15H2,(H2,25,26)(H,28,29). The van der Waals surface area contributed by atoms with E-state index in [9.17, 15) is 4.79 Å². The first-order valence-electron chi connectivity index (χ1n) is 10.3.